The lowest BCUT2D eigenvalue weighted by atomic mass is 10.2. The first kappa shape index (κ1) is 20.9. The number of benzene rings is 1. The van der Waals surface area contributed by atoms with E-state index in [1.54, 1.807) is 0 Å². The van der Waals surface area contributed by atoms with E-state index in [1.165, 1.54) is 12.5 Å². The quantitative estimate of drug-likeness (QED) is 0.820. The van der Waals surface area contributed by atoms with E-state index in [0.29, 0.717) is 0 Å². The third-order valence-electron chi connectivity index (χ3n) is 4.02. The molecule has 0 saturated carbocycles. The summed E-state index contributed by atoms with van der Waals surface area (Å²) < 4.78 is 44.0. The predicted molar refractivity (Wildman–Crippen MR) is 106 cm³/mol. The molecule has 1 N–H and O–H groups in total. The molecule has 146 valence electrons. The minimum absolute atomic E-state index is 0.0711. The van der Waals surface area contributed by atoms with E-state index >= 15 is 0 Å². The van der Waals surface area contributed by atoms with Gasteiger partial charge in [-0.25, -0.2) is 16.8 Å². The van der Waals surface area contributed by atoms with Crippen molar-refractivity contribution in [2.45, 2.75) is 5.75 Å². The van der Waals surface area contributed by atoms with Crippen LogP contribution in [0.25, 0.3) is 10.9 Å². The van der Waals surface area contributed by atoms with Crippen molar-refractivity contribution in [3.8, 4) is 0 Å². The summed E-state index contributed by atoms with van der Waals surface area (Å²) in [5.74, 6) is 0.280. The Bertz CT molecular complexity index is 895. The molecule has 1 aliphatic rings. The molecule has 3 rings (SSSR count). The molecule has 0 spiro atoms. The largest absolute Gasteiger partial charge is 0.358 e. The Morgan fingerprint density at radius 2 is 1.58 bits per heavy atom. The highest BCUT2D eigenvalue weighted by Crippen LogP contribution is 2.15. The molecule has 0 aliphatic carbocycles. The van der Waals surface area contributed by atoms with E-state index in [2.05, 4.69) is 16.9 Å². The number of rotatable bonds is 4. The molecule has 7 nitrogen and oxygen atoms in total. The summed E-state index contributed by atoms with van der Waals surface area (Å²) in [7, 11) is -3.74. The smallest absolute Gasteiger partial charge is 0.160 e. The molecular formula is C17H27N3O4S2. The van der Waals surface area contributed by atoms with Gasteiger partial charge in [0.15, 0.2) is 19.7 Å². The summed E-state index contributed by atoms with van der Waals surface area (Å²) in [6.07, 6.45) is 2.52. The fraction of sp³-hybridized carbons (Fsp3) is 0.529. The first-order chi connectivity index (χ1) is 12.0. The molecule has 2 aromatic rings. The van der Waals surface area contributed by atoms with E-state index in [4.69, 9.17) is 0 Å². The maximum atomic E-state index is 11.1. The first-order valence-corrected chi connectivity index (χ1v) is 12.5. The van der Waals surface area contributed by atoms with E-state index in [0.717, 1.165) is 42.8 Å². The van der Waals surface area contributed by atoms with Gasteiger partial charge in [0.05, 0.1) is 5.75 Å². The molecule has 9 heteroatoms. The minimum atomic E-state index is -2.96. The number of aromatic nitrogens is 1. The zero-order valence-electron chi connectivity index (χ0n) is 15.5. The molecule has 0 atom stereocenters. The topological polar surface area (TPSA) is 90.6 Å². The van der Waals surface area contributed by atoms with Crippen molar-refractivity contribution in [2.75, 3.05) is 51.6 Å². The lowest BCUT2D eigenvalue weighted by molar-refractivity contribution is 0.172. The molecule has 1 aliphatic heterocycles. The normalized spacial score (nSPS) is 17.0. The number of sulfone groups is 2. The number of fused-ring (bicyclic) bond motifs is 1. The van der Waals surface area contributed by atoms with Crippen molar-refractivity contribution in [1.82, 2.24) is 14.8 Å². The second-order valence-corrected chi connectivity index (χ2v) is 11.2. The van der Waals surface area contributed by atoms with Crippen molar-refractivity contribution in [2.24, 2.45) is 0 Å². The summed E-state index contributed by atoms with van der Waals surface area (Å²) in [6, 6.07) is 9.61. The zero-order valence-corrected chi connectivity index (χ0v) is 17.1. The van der Waals surface area contributed by atoms with Crippen molar-refractivity contribution in [3.63, 3.8) is 0 Å². The van der Waals surface area contributed by atoms with Crippen LogP contribution in [0, 0.1) is 0 Å². The van der Waals surface area contributed by atoms with Crippen LogP contribution in [0.5, 0.6) is 0 Å². The third-order valence-corrected chi connectivity index (χ3v) is 5.69. The molecule has 1 saturated heterocycles. The summed E-state index contributed by atoms with van der Waals surface area (Å²) in [5, 5.41) is 1.05. The van der Waals surface area contributed by atoms with Gasteiger partial charge in [0.2, 0.25) is 0 Å². The maximum Gasteiger partial charge on any atom is 0.160 e. The highest BCUT2D eigenvalue weighted by molar-refractivity contribution is 7.90. The number of hydrogen-bond acceptors (Lipinski definition) is 6. The minimum Gasteiger partial charge on any atom is -0.358 e. The molecule has 1 aromatic carbocycles. The van der Waals surface area contributed by atoms with Gasteiger partial charge in [-0.05, 0) is 24.6 Å². The molecule has 0 amide bonds. The molecule has 1 fully saturated rings. The van der Waals surface area contributed by atoms with Crippen LogP contribution in [0.4, 0.5) is 0 Å². The summed E-state index contributed by atoms with van der Waals surface area (Å²) in [4.78, 5) is 7.26. The second-order valence-electron chi connectivity index (χ2n) is 6.93. The lowest BCUT2D eigenvalue weighted by Crippen LogP contribution is -2.46. The monoisotopic (exact) mass is 401 g/mol. The van der Waals surface area contributed by atoms with Crippen molar-refractivity contribution < 1.29 is 16.8 Å². The van der Waals surface area contributed by atoms with Gasteiger partial charge in [0.25, 0.3) is 0 Å². The van der Waals surface area contributed by atoms with Gasteiger partial charge in [-0.1, -0.05) is 18.2 Å². The van der Waals surface area contributed by atoms with Crippen LogP contribution in [0.3, 0.4) is 0 Å². The second kappa shape index (κ2) is 8.51. The van der Waals surface area contributed by atoms with Crippen LogP contribution >= 0.6 is 0 Å². The van der Waals surface area contributed by atoms with Gasteiger partial charge < -0.3 is 9.88 Å². The van der Waals surface area contributed by atoms with Crippen molar-refractivity contribution in [1.29, 1.82) is 0 Å². The van der Waals surface area contributed by atoms with Crippen LogP contribution in [-0.4, -0.2) is 83.2 Å². The van der Waals surface area contributed by atoms with Gasteiger partial charge >= 0.3 is 0 Å². The summed E-state index contributed by atoms with van der Waals surface area (Å²) in [6.45, 7) is 3.66. The van der Waals surface area contributed by atoms with Crippen LogP contribution < -0.4 is 0 Å². The summed E-state index contributed by atoms with van der Waals surface area (Å²) in [5.41, 5.74) is 1.72. The lowest BCUT2D eigenvalue weighted by Gasteiger charge is -2.31. The Labute approximate surface area is 155 Å². The maximum absolute atomic E-state index is 11.1. The van der Waals surface area contributed by atoms with E-state index in [1.807, 2.05) is 35.2 Å². The number of nitrogens with zero attached hydrogens (tertiary/aromatic N) is 2. The van der Waals surface area contributed by atoms with Gasteiger partial charge in [-0.2, -0.15) is 0 Å². The average molecular weight is 402 g/mol. The Morgan fingerprint density at radius 3 is 2.12 bits per heavy atom. The van der Waals surface area contributed by atoms with Crippen LogP contribution in [0.1, 0.15) is 5.69 Å². The molecule has 0 radical (unpaired) electrons. The number of hydrogen-bond donors (Lipinski definition) is 1. The predicted octanol–water partition coefficient (Wildman–Crippen LogP) is 0.948. The van der Waals surface area contributed by atoms with Gasteiger partial charge in [0, 0.05) is 49.9 Å². The number of likely N-dealkylation sites (N-methyl/N-ethyl adjacent to an activating group) is 1. The van der Waals surface area contributed by atoms with E-state index < -0.39 is 19.7 Å². The highest BCUT2D eigenvalue weighted by Gasteiger charge is 2.16. The Morgan fingerprint density at radius 1 is 0.962 bits per heavy atom. The fourth-order valence-corrected chi connectivity index (χ4v) is 4.44. The SMILES string of the molecule is CN1CCN(CS(C)(=O)=O)CC1.CS(=O)(=O)Cc1cc2ccccc2[nH]1. The van der Waals surface area contributed by atoms with Crippen LogP contribution in [-0.2, 0) is 25.4 Å². The zero-order chi connectivity index (χ0) is 19.4. The number of H-pyrrole nitrogens is 1. The number of nitrogens with one attached hydrogen (secondary N) is 1. The molecule has 26 heavy (non-hydrogen) atoms. The molecule has 0 unspecified atom stereocenters. The Hall–Kier alpha value is -1.42. The van der Waals surface area contributed by atoms with E-state index in [-0.39, 0.29) is 11.6 Å². The third kappa shape index (κ3) is 7.45. The first-order valence-electron chi connectivity index (χ1n) is 8.35. The van der Waals surface area contributed by atoms with Crippen molar-refractivity contribution >= 4 is 30.6 Å². The molecule has 2 heterocycles. The van der Waals surface area contributed by atoms with Crippen LogP contribution in [0.15, 0.2) is 30.3 Å². The summed E-state index contributed by atoms with van der Waals surface area (Å²) >= 11 is 0. The molecule has 1 aromatic heterocycles. The Balaban J connectivity index is 0.000000190. The molecular weight excluding hydrogens is 374 g/mol. The highest BCUT2D eigenvalue weighted by atomic mass is 32.2. The Kier molecular flexibility index (Phi) is 6.84. The van der Waals surface area contributed by atoms with Gasteiger partial charge in [0.1, 0.15) is 5.88 Å². The number of para-hydroxylation sites is 1. The number of aromatic amines is 1. The van der Waals surface area contributed by atoms with Gasteiger partial charge in [-0.3, -0.25) is 4.90 Å². The van der Waals surface area contributed by atoms with E-state index in [9.17, 15) is 16.8 Å². The fourth-order valence-electron chi connectivity index (χ4n) is 2.80. The average Bonchev–Trinajstić information content (AvgIpc) is 2.89. The van der Waals surface area contributed by atoms with Crippen LogP contribution in [0.2, 0.25) is 0 Å². The van der Waals surface area contributed by atoms with Crippen molar-refractivity contribution in [3.05, 3.63) is 36.0 Å². The van der Waals surface area contributed by atoms with Gasteiger partial charge in [-0.15, -0.1) is 0 Å². The standard InChI is InChI=1S/C10H11NO2S.C7H16N2O2S/c1-14(12,13)7-9-6-8-4-2-3-5-10(8)11-9;1-8-3-5-9(6-4-8)7-12(2,10)11/h2-6,11H,7H2,1H3;3-7H2,1-2H3. The molecule has 0 bridgehead atoms. The number of piperazine rings is 1.